The quantitative estimate of drug-likeness (QED) is 0.696. The summed E-state index contributed by atoms with van der Waals surface area (Å²) in [6, 6.07) is 12.2. The Morgan fingerprint density at radius 2 is 1.89 bits per heavy atom. The number of hydrogen-bond acceptors (Lipinski definition) is 5. The fraction of sp³-hybridized carbons (Fsp3) is 0.286. The largest absolute Gasteiger partial charge is 0.367 e. The zero-order valence-electron chi connectivity index (χ0n) is 15.0. The van der Waals surface area contributed by atoms with E-state index >= 15 is 0 Å². The van der Waals surface area contributed by atoms with Crippen molar-refractivity contribution in [1.29, 1.82) is 0 Å². The van der Waals surface area contributed by atoms with Crippen molar-refractivity contribution in [2.45, 2.75) is 37.8 Å². The number of nitrogens with zero attached hydrogens (tertiary/aromatic N) is 3. The molecule has 5 nitrogen and oxygen atoms in total. The predicted octanol–water partition coefficient (Wildman–Crippen LogP) is 4.53. The van der Waals surface area contributed by atoms with E-state index in [1.165, 1.54) is 0 Å². The molecule has 3 aromatic rings. The second kappa shape index (κ2) is 8.03. The van der Waals surface area contributed by atoms with Crippen LogP contribution < -0.4 is 11.1 Å². The third-order valence-corrected chi connectivity index (χ3v) is 5.11. The minimum Gasteiger partial charge on any atom is -0.367 e. The number of nitrogens with one attached hydrogen (secondary N) is 1. The molecule has 0 saturated heterocycles. The first-order chi connectivity index (χ1) is 13.2. The summed E-state index contributed by atoms with van der Waals surface area (Å²) in [7, 11) is 0. The molecule has 1 saturated carbocycles. The summed E-state index contributed by atoms with van der Waals surface area (Å²) < 4.78 is 0. The van der Waals surface area contributed by atoms with Crippen LogP contribution in [-0.4, -0.2) is 27.0 Å². The summed E-state index contributed by atoms with van der Waals surface area (Å²) in [5, 5.41) is 5.21. The third-order valence-electron chi connectivity index (χ3n) is 4.88. The Hall–Kier alpha value is -2.50. The maximum absolute atomic E-state index is 6.21. The highest BCUT2D eigenvalue weighted by Gasteiger charge is 2.20. The molecule has 0 unspecified atom stereocenters. The van der Waals surface area contributed by atoms with Gasteiger partial charge in [0.2, 0.25) is 0 Å². The van der Waals surface area contributed by atoms with Gasteiger partial charge >= 0.3 is 0 Å². The van der Waals surface area contributed by atoms with E-state index in [0.717, 1.165) is 48.1 Å². The van der Waals surface area contributed by atoms with Crippen LogP contribution in [0, 0.1) is 0 Å². The number of anilines is 1. The number of nitrogens with two attached hydrogens (primary N) is 1. The summed E-state index contributed by atoms with van der Waals surface area (Å²) in [6.45, 7) is 0. The van der Waals surface area contributed by atoms with Crippen LogP contribution >= 0.6 is 11.6 Å². The number of benzene rings is 1. The molecular formula is C21H22ClN5. The molecule has 0 aliphatic heterocycles. The molecule has 1 aromatic carbocycles. The lowest BCUT2D eigenvalue weighted by molar-refractivity contribution is 0.410. The van der Waals surface area contributed by atoms with Gasteiger partial charge in [0.25, 0.3) is 0 Å². The van der Waals surface area contributed by atoms with Crippen molar-refractivity contribution in [3.05, 3.63) is 59.1 Å². The second-order valence-corrected chi connectivity index (χ2v) is 7.37. The van der Waals surface area contributed by atoms with Crippen molar-refractivity contribution < 1.29 is 0 Å². The Labute approximate surface area is 163 Å². The van der Waals surface area contributed by atoms with Crippen molar-refractivity contribution in [3.8, 4) is 0 Å². The zero-order chi connectivity index (χ0) is 18.6. The van der Waals surface area contributed by atoms with Gasteiger partial charge in [-0.15, -0.1) is 0 Å². The minimum absolute atomic E-state index is 0.316. The molecule has 27 heavy (non-hydrogen) atoms. The standard InChI is InChI=1S/C21H22ClN5/c22-14-4-10-19-18(13-14)21(25-17-7-5-15(23)6-8-17)27-20(26-19)11-9-16-3-1-2-12-24-16/h1-4,9-13,15,17H,5-8,23H2,(H,25,26,27)/b11-9+. The average Bonchev–Trinajstić information content (AvgIpc) is 2.69. The fourth-order valence-corrected chi connectivity index (χ4v) is 3.57. The number of rotatable bonds is 4. The van der Waals surface area contributed by atoms with Gasteiger partial charge in [-0.05, 0) is 68.2 Å². The smallest absolute Gasteiger partial charge is 0.155 e. The maximum atomic E-state index is 6.21. The van der Waals surface area contributed by atoms with Crippen molar-refractivity contribution in [1.82, 2.24) is 15.0 Å². The molecule has 2 heterocycles. The van der Waals surface area contributed by atoms with Gasteiger partial charge in [0.05, 0.1) is 11.2 Å². The van der Waals surface area contributed by atoms with Crippen LogP contribution in [0.1, 0.15) is 37.2 Å². The Bertz CT molecular complexity index is 949. The topological polar surface area (TPSA) is 76.7 Å². The van der Waals surface area contributed by atoms with Crippen LogP contribution in [0.15, 0.2) is 42.6 Å². The van der Waals surface area contributed by atoms with E-state index < -0.39 is 0 Å². The van der Waals surface area contributed by atoms with Gasteiger partial charge in [-0.3, -0.25) is 4.98 Å². The normalized spacial score (nSPS) is 20.2. The van der Waals surface area contributed by atoms with Crippen LogP contribution in [0.4, 0.5) is 5.82 Å². The maximum Gasteiger partial charge on any atom is 0.155 e. The van der Waals surface area contributed by atoms with Gasteiger partial charge in [0.15, 0.2) is 5.82 Å². The number of fused-ring (bicyclic) bond motifs is 1. The van der Waals surface area contributed by atoms with Gasteiger partial charge in [-0.2, -0.15) is 0 Å². The van der Waals surface area contributed by atoms with Gasteiger partial charge in [-0.25, -0.2) is 9.97 Å². The lowest BCUT2D eigenvalue weighted by Gasteiger charge is -2.27. The van der Waals surface area contributed by atoms with Crippen molar-refractivity contribution in [3.63, 3.8) is 0 Å². The van der Waals surface area contributed by atoms with E-state index in [-0.39, 0.29) is 0 Å². The van der Waals surface area contributed by atoms with Gasteiger partial charge in [-0.1, -0.05) is 17.7 Å². The monoisotopic (exact) mass is 379 g/mol. The lowest BCUT2D eigenvalue weighted by Crippen LogP contribution is -2.33. The van der Waals surface area contributed by atoms with Crippen LogP contribution in [0.25, 0.3) is 23.1 Å². The molecule has 1 aliphatic carbocycles. The molecular weight excluding hydrogens is 358 g/mol. The Kier molecular flexibility index (Phi) is 5.32. The average molecular weight is 380 g/mol. The van der Waals surface area contributed by atoms with E-state index in [1.807, 2.05) is 48.6 Å². The molecule has 0 atom stereocenters. The van der Waals surface area contributed by atoms with Crippen molar-refractivity contribution >= 4 is 40.5 Å². The van der Waals surface area contributed by atoms with Gasteiger partial charge < -0.3 is 11.1 Å². The van der Waals surface area contributed by atoms with Crippen LogP contribution in [0.2, 0.25) is 5.02 Å². The SMILES string of the molecule is NC1CCC(Nc2nc(/C=C/c3ccccn3)nc3ccc(Cl)cc23)CC1. The molecule has 4 rings (SSSR count). The van der Waals surface area contributed by atoms with E-state index in [2.05, 4.69) is 15.3 Å². The summed E-state index contributed by atoms with van der Waals surface area (Å²) in [5.74, 6) is 1.47. The molecule has 2 aromatic heterocycles. The van der Waals surface area contributed by atoms with Gasteiger partial charge in [0, 0.05) is 28.7 Å². The highest BCUT2D eigenvalue weighted by molar-refractivity contribution is 6.31. The zero-order valence-corrected chi connectivity index (χ0v) is 15.7. The summed E-state index contributed by atoms with van der Waals surface area (Å²) in [5.41, 5.74) is 7.77. The highest BCUT2D eigenvalue weighted by Crippen LogP contribution is 2.27. The Balaban J connectivity index is 1.67. The summed E-state index contributed by atoms with van der Waals surface area (Å²) in [6.07, 6.45) is 9.74. The van der Waals surface area contributed by atoms with Crippen LogP contribution in [0.5, 0.6) is 0 Å². The van der Waals surface area contributed by atoms with Crippen molar-refractivity contribution in [2.75, 3.05) is 5.32 Å². The second-order valence-electron chi connectivity index (χ2n) is 6.94. The lowest BCUT2D eigenvalue weighted by atomic mass is 9.92. The molecule has 0 bridgehead atoms. The molecule has 1 fully saturated rings. The molecule has 0 spiro atoms. The van der Waals surface area contributed by atoms with E-state index in [0.29, 0.717) is 22.9 Å². The van der Waals surface area contributed by atoms with E-state index in [4.69, 9.17) is 22.3 Å². The molecule has 138 valence electrons. The number of hydrogen-bond donors (Lipinski definition) is 2. The van der Waals surface area contributed by atoms with Crippen LogP contribution in [0.3, 0.4) is 0 Å². The van der Waals surface area contributed by atoms with Crippen LogP contribution in [-0.2, 0) is 0 Å². The summed E-state index contributed by atoms with van der Waals surface area (Å²) in [4.78, 5) is 13.7. The molecule has 0 amide bonds. The van der Waals surface area contributed by atoms with Gasteiger partial charge in [0.1, 0.15) is 5.82 Å². The molecule has 0 radical (unpaired) electrons. The highest BCUT2D eigenvalue weighted by atomic mass is 35.5. The molecule has 3 N–H and O–H groups in total. The predicted molar refractivity (Wildman–Crippen MR) is 112 cm³/mol. The first-order valence-electron chi connectivity index (χ1n) is 9.26. The molecule has 1 aliphatic rings. The number of aromatic nitrogens is 3. The van der Waals surface area contributed by atoms with E-state index in [9.17, 15) is 0 Å². The Morgan fingerprint density at radius 1 is 1.04 bits per heavy atom. The first kappa shape index (κ1) is 17.9. The minimum atomic E-state index is 0.316. The summed E-state index contributed by atoms with van der Waals surface area (Å²) >= 11 is 6.21. The Morgan fingerprint density at radius 3 is 2.67 bits per heavy atom. The number of pyridine rings is 1. The van der Waals surface area contributed by atoms with Crippen molar-refractivity contribution in [2.24, 2.45) is 5.73 Å². The first-order valence-corrected chi connectivity index (χ1v) is 9.64. The fourth-order valence-electron chi connectivity index (χ4n) is 3.39. The van der Waals surface area contributed by atoms with E-state index in [1.54, 1.807) is 6.20 Å². The molecule has 6 heteroatoms. The number of halogens is 1. The third kappa shape index (κ3) is 4.43.